The Morgan fingerprint density at radius 1 is 1.26 bits per heavy atom. The summed E-state index contributed by atoms with van der Waals surface area (Å²) in [6.07, 6.45) is 10.6. The molecule has 4 rings (SSSR count). The smallest absolute Gasteiger partial charge is 0.169 e. The van der Waals surface area contributed by atoms with E-state index < -0.39 is 0 Å². The number of aliphatic imine (C=N–C) groups is 2. The zero-order chi connectivity index (χ0) is 21.5. The molecule has 0 saturated carbocycles. The molecular formula is C23H26N6OS. The molecule has 31 heavy (non-hydrogen) atoms. The monoisotopic (exact) mass is 434 g/mol. The highest BCUT2D eigenvalue weighted by Crippen LogP contribution is 2.19. The summed E-state index contributed by atoms with van der Waals surface area (Å²) >= 11 is 1.52. The number of ether oxygens (including phenoxy) is 1. The van der Waals surface area contributed by atoms with Crippen molar-refractivity contribution in [2.24, 2.45) is 9.98 Å². The first-order valence-electron chi connectivity index (χ1n) is 10.2. The molecule has 1 saturated heterocycles. The van der Waals surface area contributed by atoms with Crippen LogP contribution < -0.4 is 5.32 Å². The fourth-order valence-corrected chi connectivity index (χ4v) is 4.18. The number of nitrogens with zero attached hydrogens (tertiary/aromatic N) is 5. The molecule has 0 bridgehead atoms. The van der Waals surface area contributed by atoms with Crippen molar-refractivity contribution >= 4 is 28.5 Å². The molecule has 2 aliphatic heterocycles. The van der Waals surface area contributed by atoms with E-state index in [2.05, 4.69) is 26.8 Å². The van der Waals surface area contributed by atoms with E-state index >= 15 is 0 Å². The molecule has 0 amide bonds. The second-order valence-corrected chi connectivity index (χ2v) is 8.29. The van der Waals surface area contributed by atoms with Crippen LogP contribution in [-0.4, -0.2) is 57.9 Å². The highest BCUT2D eigenvalue weighted by atomic mass is 32.2. The first-order chi connectivity index (χ1) is 15.2. The van der Waals surface area contributed by atoms with Crippen molar-refractivity contribution in [1.82, 2.24) is 20.2 Å². The van der Waals surface area contributed by atoms with Crippen molar-refractivity contribution < 1.29 is 4.74 Å². The average Bonchev–Trinajstić information content (AvgIpc) is 3.26. The van der Waals surface area contributed by atoms with Gasteiger partial charge < -0.3 is 10.1 Å². The second-order valence-electron chi connectivity index (χ2n) is 7.36. The molecule has 7 nitrogen and oxygen atoms in total. The summed E-state index contributed by atoms with van der Waals surface area (Å²) in [7, 11) is 1.78. The summed E-state index contributed by atoms with van der Waals surface area (Å²) in [4.78, 5) is 20.3. The van der Waals surface area contributed by atoms with Crippen molar-refractivity contribution in [3.05, 3.63) is 78.4 Å². The van der Waals surface area contributed by atoms with Gasteiger partial charge in [-0.3, -0.25) is 14.9 Å². The Balaban J connectivity index is 1.47. The molecule has 8 heteroatoms. The minimum absolute atomic E-state index is 0.331. The lowest BCUT2D eigenvalue weighted by molar-refractivity contribution is 0.107. The lowest BCUT2D eigenvalue weighted by Crippen LogP contribution is -2.22. The van der Waals surface area contributed by atoms with Crippen LogP contribution in [0.1, 0.15) is 17.5 Å². The third kappa shape index (κ3) is 6.10. The SMILES string of the molecule is C=C1/C=C\C(c2ccncc2)=NCSC(=Nc2cc(CN3CC[C@@H](OC)C3)ccn2)N1. The molecule has 4 heterocycles. The minimum Gasteiger partial charge on any atom is -0.380 e. The van der Waals surface area contributed by atoms with E-state index in [0.29, 0.717) is 17.8 Å². The molecule has 0 spiro atoms. The molecule has 1 atom stereocenters. The number of rotatable bonds is 5. The highest BCUT2D eigenvalue weighted by Gasteiger charge is 2.21. The topological polar surface area (TPSA) is 75.0 Å². The average molecular weight is 435 g/mol. The molecule has 1 fully saturated rings. The number of methoxy groups -OCH3 is 1. The van der Waals surface area contributed by atoms with Crippen molar-refractivity contribution in [2.45, 2.75) is 19.1 Å². The Hall–Kier alpha value is -2.81. The van der Waals surface area contributed by atoms with Crippen molar-refractivity contribution in [3.63, 3.8) is 0 Å². The van der Waals surface area contributed by atoms with Crippen LogP contribution in [0.2, 0.25) is 0 Å². The van der Waals surface area contributed by atoms with Gasteiger partial charge >= 0.3 is 0 Å². The number of likely N-dealkylation sites (tertiary alicyclic amines) is 1. The van der Waals surface area contributed by atoms with Crippen LogP contribution in [0.5, 0.6) is 0 Å². The molecule has 2 aromatic heterocycles. The van der Waals surface area contributed by atoms with Gasteiger partial charge in [-0.1, -0.05) is 18.3 Å². The van der Waals surface area contributed by atoms with Gasteiger partial charge in [-0.15, -0.1) is 0 Å². The predicted molar refractivity (Wildman–Crippen MR) is 127 cm³/mol. The van der Waals surface area contributed by atoms with Gasteiger partial charge in [0.15, 0.2) is 11.0 Å². The van der Waals surface area contributed by atoms with Gasteiger partial charge in [-0.25, -0.2) is 9.98 Å². The van der Waals surface area contributed by atoms with Gasteiger partial charge in [0.2, 0.25) is 0 Å². The molecule has 1 N–H and O–H groups in total. The van der Waals surface area contributed by atoms with Crippen LogP contribution in [0.15, 0.2) is 77.3 Å². The highest BCUT2D eigenvalue weighted by molar-refractivity contribution is 8.13. The maximum Gasteiger partial charge on any atom is 0.169 e. The molecule has 0 aliphatic carbocycles. The summed E-state index contributed by atoms with van der Waals surface area (Å²) < 4.78 is 5.47. The van der Waals surface area contributed by atoms with Crippen LogP contribution in [0, 0.1) is 0 Å². The fraction of sp³-hybridized carbons (Fsp3) is 0.304. The number of aromatic nitrogens is 2. The van der Waals surface area contributed by atoms with Gasteiger partial charge in [0.25, 0.3) is 0 Å². The first kappa shape index (κ1) is 21.4. The summed E-state index contributed by atoms with van der Waals surface area (Å²) in [5.41, 5.74) is 3.84. The van der Waals surface area contributed by atoms with E-state index in [9.17, 15) is 0 Å². The quantitative estimate of drug-likeness (QED) is 0.776. The van der Waals surface area contributed by atoms with Crippen molar-refractivity contribution in [3.8, 4) is 0 Å². The van der Waals surface area contributed by atoms with Gasteiger partial charge in [0, 0.05) is 56.6 Å². The van der Waals surface area contributed by atoms with Crippen molar-refractivity contribution in [1.29, 1.82) is 0 Å². The van der Waals surface area contributed by atoms with Crippen LogP contribution >= 0.6 is 11.8 Å². The van der Waals surface area contributed by atoms with Crippen LogP contribution in [-0.2, 0) is 11.3 Å². The Labute approximate surface area is 187 Å². The van der Waals surface area contributed by atoms with E-state index in [0.717, 1.165) is 48.2 Å². The number of amidine groups is 1. The van der Waals surface area contributed by atoms with Crippen LogP contribution in [0.3, 0.4) is 0 Å². The molecule has 0 aromatic carbocycles. The maximum atomic E-state index is 5.47. The number of allylic oxidation sites excluding steroid dienone is 2. The summed E-state index contributed by atoms with van der Waals surface area (Å²) in [6.45, 7) is 6.96. The molecule has 160 valence electrons. The van der Waals surface area contributed by atoms with Crippen molar-refractivity contribution in [2.75, 3.05) is 26.1 Å². The second kappa shape index (κ2) is 10.5. The molecular weight excluding hydrogens is 408 g/mol. The third-order valence-electron chi connectivity index (χ3n) is 5.12. The molecule has 2 aliphatic rings. The Morgan fingerprint density at radius 2 is 2.13 bits per heavy atom. The van der Waals surface area contributed by atoms with E-state index in [1.165, 1.54) is 17.3 Å². The zero-order valence-corrected chi connectivity index (χ0v) is 18.4. The maximum absolute atomic E-state index is 5.47. The van der Waals surface area contributed by atoms with Gasteiger partial charge in [0.1, 0.15) is 0 Å². The van der Waals surface area contributed by atoms with Gasteiger partial charge in [-0.05, 0) is 48.4 Å². The first-order valence-corrected chi connectivity index (χ1v) is 11.2. The molecule has 2 aromatic rings. The van der Waals surface area contributed by atoms with E-state index in [4.69, 9.17) is 14.7 Å². The standard InChI is InChI=1S/C23H26N6OS/c1-17-3-4-21(19-6-9-24-10-7-19)26-16-31-23(27-17)28-22-13-18(5-11-25-22)14-29-12-8-20(15-29)30-2/h3-7,9-11,13,20H,1,8,12,14-16H2,2H3,(H,25,27,28)/b4-3-,26-21?/t20-/m1/s1. The Bertz CT molecular complexity index is 1000. The van der Waals surface area contributed by atoms with E-state index in [1.807, 2.05) is 42.6 Å². The number of hydrogen-bond acceptors (Lipinski definition) is 7. The lowest BCUT2D eigenvalue weighted by Gasteiger charge is -2.15. The lowest BCUT2D eigenvalue weighted by atomic mass is 10.1. The van der Waals surface area contributed by atoms with E-state index in [1.54, 1.807) is 19.5 Å². The minimum atomic E-state index is 0.331. The summed E-state index contributed by atoms with van der Waals surface area (Å²) in [5.74, 6) is 1.21. The Kier molecular flexibility index (Phi) is 7.24. The van der Waals surface area contributed by atoms with E-state index in [-0.39, 0.29) is 0 Å². The van der Waals surface area contributed by atoms with Crippen LogP contribution in [0.4, 0.5) is 5.82 Å². The predicted octanol–water partition coefficient (Wildman–Crippen LogP) is 3.54. The number of hydrogen-bond donors (Lipinski definition) is 1. The third-order valence-corrected chi connectivity index (χ3v) is 5.84. The van der Waals surface area contributed by atoms with Gasteiger partial charge in [0.05, 0.1) is 17.7 Å². The normalized spacial score (nSPS) is 22.4. The Morgan fingerprint density at radius 3 is 2.94 bits per heavy atom. The molecule has 0 unspecified atom stereocenters. The van der Waals surface area contributed by atoms with Crippen LogP contribution in [0.25, 0.3) is 0 Å². The number of pyridine rings is 2. The number of thioether (sulfide) groups is 1. The fourth-order valence-electron chi connectivity index (χ4n) is 3.50. The summed E-state index contributed by atoms with van der Waals surface area (Å²) in [5, 5.41) is 3.99. The zero-order valence-electron chi connectivity index (χ0n) is 17.6. The largest absolute Gasteiger partial charge is 0.380 e. The molecule has 0 radical (unpaired) electrons. The van der Waals surface area contributed by atoms with Gasteiger partial charge in [-0.2, -0.15) is 0 Å². The summed E-state index contributed by atoms with van der Waals surface area (Å²) in [6, 6.07) is 7.97. The number of nitrogens with one attached hydrogen (secondary N) is 1.